The average molecular weight is 317 g/mol. The normalized spacial score (nSPS) is 17.1. The van der Waals surface area contributed by atoms with E-state index in [1.807, 2.05) is 0 Å². The molecule has 4 nitrogen and oxygen atoms in total. The molecule has 1 heterocycles. The number of hydrogen-bond donors (Lipinski definition) is 1. The van der Waals surface area contributed by atoms with Gasteiger partial charge in [0.2, 0.25) is 5.91 Å². The number of halogens is 2. The first-order valence-corrected chi connectivity index (χ1v) is 7.01. The number of carbonyl (C=O) groups excluding carboxylic acids is 1. The highest BCUT2D eigenvalue weighted by atomic mass is 35.5. The van der Waals surface area contributed by atoms with Crippen LogP contribution in [-0.2, 0) is 4.79 Å². The van der Waals surface area contributed by atoms with Gasteiger partial charge in [-0.2, -0.15) is 0 Å². The summed E-state index contributed by atoms with van der Waals surface area (Å²) >= 11 is 0. The molecule has 6 heteroatoms. The molecule has 1 amide bonds. The second-order valence-corrected chi connectivity index (χ2v) is 5.09. The molecule has 21 heavy (non-hydrogen) atoms. The molecule has 1 aliphatic rings. The van der Waals surface area contributed by atoms with Crippen LogP contribution >= 0.6 is 12.4 Å². The standard InChI is InChI=1S/C15H21FN2O2.ClH/c1-18(15(19)11-12-5-4-8-17-12)9-10-20-14-7-3-2-6-13(14)16;/h2-3,6-7,12,17H,4-5,8-11H2,1H3;1H. The summed E-state index contributed by atoms with van der Waals surface area (Å²) in [5.74, 6) is -0.0519. The monoisotopic (exact) mass is 316 g/mol. The second kappa shape index (κ2) is 8.85. The van der Waals surface area contributed by atoms with Crippen LogP contribution in [0.1, 0.15) is 19.3 Å². The molecule has 0 saturated carbocycles. The van der Waals surface area contributed by atoms with Crippen molar-refractivity contribution in [1.29, 1.82) is 0 Å². The second-order valence-electron chi connectivity index (χ2n) is 5.09. The first-order chi connectivity index (χ1) is 9.66. The van der Waals surface area contributed by atoms with Gasteiger partial charge in [0.05, 0.1) is 6.54 Å². The Kier molecular flexibility index (Phi) is 7.47. The molecule has 118 valence electrons. The Balaban J connectivity index is 0.00000220. The molecule has 0 radical (unpaired) electrons. The number of para-hydroxylation sites is 1. The fourth-order valence-electron chi connectivity index (χ4n) is 2.28. The first kappa shape index (κ1) is 17.7. The highest BCUT2D eigenvalue weighted by Gasteiger charge is 2.19. The van der Waals surface area contributed by atoms with Crippen LogP contribution in [0.5, 0.6) is 5.75 Å². The van der Waals surface area contributed by atoms with E-state index < -0.39 is 0 Å². The topological polar surface area (TPSA) is 41.6 Å². The van der Waals surface area contributed by atoms with E-state index in [2.05, 4.69) is 5.32 Å². The molecule has 1 saturated heterocycles. The predicted molar refractivity (Wildman–Crippen MR) is 82.4 cm³/mol. The largest absolute Gasteiger partial charge is 0.489 e. The lowest BCUT2D eigenvalue weighted by molar-refractivity contribution is -0.130. The zero-order chi connectivity index (χ0) is 14.4. The van der Waals surface area contributed by atoms with Crippen molar-refractivity contribution in [2.45, 2.75) is 25.3 Å². The van der Waals surface area contributed by atoms with Crippen molar-refractivity contribution in [3.8, 4) is 5.75 Å². The van der Waals surface area contributed by atoms with Gasteiger partial charge in [-0.3, -0.25) is 4.79 Å². The number of rotatable bonds is 6. The van der Waals surface area contributed by atoms with E-state index in [0.29, 0.717) is 25.6 Å². The molecule has 0 aromatic heterocycles. The molecule has 2 rings (SSSR count). The Labute approximate surface area is 131 Å². The van der Waals surface area contributed by atoms with Crippen molar-refractivity contribution in [1.82, 2.24) is 10.2 Å². The van der Waals surface area contributed by atoms with Crippen LogP contribution < -0.4 is 10.1 Å². The summed E-state index contributed by atoms with van der Waals surface area (Å²) in [5, 5.41) is 3.30. The molecule has 1 N–H and O–H groups in total. The van der Waals surface area contributed by atoms with Gasteiger partial charge in [0.15, 0.2) is 11.6 Å². The van der Waals surface area contributed by atoms with Crippen molar-refractivity contribution in [2.75, 3.05) is 26.7 Å². The molecule has 1 atom stereocenters. The summed E-state index contributed by atoms with van der Waals surface area (Å²) in [6, 6.07) is 6.58. The number of carbonyl (C=O) groups is 1. The lowest BCUT2D eigenvalue weighted by Gasteiger charge is -2.19. The molecule has 1 aliphatic heterocycles. The van der Waals surface area contributed by atoms with Crippen molar-refractivity contribution in [3.05, 3.63) is 30.1 Å². The quantitative estimate of drug-likeness (QED) is 0.875. The predicted octanol–water partition coefficient (Wildman–Crippen LogP) is 2.23. The van der Waals surface area contributed by atoms with Crippen molar-refractivity contribution >= 4 is 18.3 Å². The van der Waals surface area contributed by atoms with Crippen LogP contribution in [-0.4, -0.2) is 43.6 Å². The smallest absolute Gasteiger partial charge is 0.223 e. The van der Waals surface area contributed by atoms with Crippen LogP contribution in [0.4, 0.5) is 4.39 Å². The molecular weight excluding hydrogens is 295 g/mol. The zero-order valence-electron chi connectivity index (χ0n) is 12.2. The summed E-state index contributed by atoms with van der Waals surface area (Å²) in [5.41, 5.74) is 0. The van der Waals surface area contributed by atoms with Crippen molar-refractivity contribution in [2.24, 2.45) is 0 Å². The molecule has 1 aromatic carbocycles. The summed E-state index contributed by atoms with van der Waals surface area (Å²) in [6.07, 6.45) is 2.72. The maximum Gasteiger partial charge on any atom is 0.223 e. The number of amides is 1. The van der Waals surface area contributed by atoms with E-state index in [0.717, 1.165) is 19.4 Å². The summed E-state index contributed by atoms with van der Waals surface area (Å²) in [4.78, 5) is 13.6. The Bertz CT molecular complexity index is 453. The number of likely N-dealkylation sites (N-methyl/N-ethyl adjacent to an activating group) is 1. The highest BCUT2D eigenvalue weighted by Crippen LogP contribution is 2.15. The molecule has 1 fully saturated rings. The number of benzene rings is 1. The SMILES string of the molecule is CN(CCOc1ccccc1F)C(=O)CC1CCCN1.Cl. The molecule has 0 bridgehead atoms. The minimum absolute atomic E-state index is 0. The Hall–Kier alpha value is -1.33. The van der Waals surface area contributed by atoms with Gasteiger partial charge in [-0.05, 0) is 31.5 Å². The van der Waals surface area contributed by atoms with Gasteiger partial charge in [0.25, 0.3) is 0 Å². The van der Waals surface area contributed by atoms with Crippen LogP contribution in [0.15, 0.2) is 24.3 Å². The zero-order valence-corrected chi connectivity index (χ0v) is 13.0. The third kappa shape index (κ3) is 5.52. The first-order valence-electron chi connectivity index (χ1n) is 7.01. The van der Waals surface area contributed by atoms with Gasteiger partial charge in [-0.1, -0.05) is 12.1 Å². The molecule has 0 spiro atoms. The van der Waals surface area contributed by atoms with E-state index in [9.17, 15) is 9.18 Å². The van der Waals surface area contributed by atoms with Crippen LogP contribution in [0.25, 0.3) is 0 Å². The van der Waals surface area contributed by atoms with Crippen LogP contribution in [0.2, 0.25) is 0 Å². The minimum Gasteiger partial charge on any atom is -0.489 e. The Morgan fingerprint density at radius 1 is 1.48 bits per heavy atom. The Morgan fingerprint density at radius 2 is 2.24 bits per heavy atom. The summed E-state index contributed by atoms with van der Waals surface area (Å²) < 4.78 is 18.7. The van der Waals surface area contributed by atoms with Gasteiger partial charge in [0, 0.05) is 19.5 Å². The maximum absolute atomic E-state index is 13.3. The van der Waals surface area contributed by atoms with E-state index >= 15 is 0 Å². The van der Waals surface area contributed by atoms with Crippen molar-refractivity contribution < 1.29 is 13.9 Å². The van der Waals surface area contributed by atoms with Gasteiger partial charge in [-0.25, -0.2) is 4.39 Å². The van der Waals surface area contributed by atoms with Gasteiger partial charge < -0.3 is 15.0 Å². The van der Waals surface area contributed by atoms with Crippen LogP contribution in [0.3, 0.4) is 0 Å². The Morgan fingerprint density at radius 3 is 2.90 bits per heavy atom. The molecule has 1 unspecified atom stereocenters. The number of ether oxygens (including phenoxy) is 1. The van der Waals surface area contributed by atoms with E-state index in [1.165, 1.54) is 6.07 Å². The maximum atomic E-state index is 13.3. The number of nitrogens with one attached hydrogen (secondary N) is 1. The summed E-state index contributed by atoms with van der Waals surface area (Å²) in [6.45, 7) is 1.75. The lowest BCUT2D eigenvalue weighted by atomic mass is 10.1. The third-order valence-electron chi connectivity index (χ3n) is 3.53. The van der Waals surface area contributed by atoms with Gasteiger partial charge in [0.1, 0.15) is 6.61 Å². The van der Waals surface area contributed by atoms with Gasteiger partial charge in [-0.15, -0.1) is 12.4 Å². The molecule has 0 aliphatic carbocycles. The van der Waals surface area contributed by atoms with E-state index in [-0.39, 0.29) is 29.9 Å². The van der Waals surface area contributed by atoms with E-state index in [4.69, 9.17) is 4.74 Å². The summed E-state index contributed by atoms with van der Waals surface area (Å²) in [7, 11) is 1.75. The van der Waals surface area contributed by atoms with E-state index in [1.54, 1.807) is 30.1 Å². The van der Waals surface area contributed by atoms with Crippen LogP contribution in [0, 0.1) is 5.82 Å². The fraction of sp³-hybridized carbons (Fsp3) is 0.533. The minimum atomic E-state index is -0.378. The fourth-order valence-corrected chi connectivity index (χ4v) is 2.28. The third-order valence-corrected chi connectivity index (χ3v) is 3.53. The lowest BCUT2D eigenvalue weighted by Crippen LogP contribution is -2.35. The highest BCUT2D eigenvalue weighted by molar-refractivity contribution is 5.85. The van der Waals surface area contributed by atoms with Gasteiger partial charge >= 0.3 is 0 Å². The number of hydrogen-bond acceptors (Lipinski definition) is 3. The number of nitrogens with zero attached hydrogens (tertiary/aromatic N) is 1. The molecule has 1 aromatic rings. The average Bonchev–Trinajstić information content (AvgIpc) is 2.93. The van der Waals surface area contributed by atoms with Crippen molar-refractivity contribution in [3.63, 3.8) is 0 Å². The molecular formula is C15H22ClFN2O2.